The van der Waals surface area contributed by atoms with Gasteiger partial charge in [-0.1, -0.05) is 6.92 Å². The number of rotatable bonds is 7. The van der Waals surface area contributed by atoms with Crippen molar-refractivity contribution in [2.45, 2.75) is 71.3 Å². The van der Waals surface area contributed by atoms with Crippen molar-refractivity contribution in [3.05, 3.63) is 65.2 Å². The first-order valence-corrected chi connectivity index (χ1v) is 13.5. The van der Waals surface area contributed by atoms with Crippen molar-refractivity contribution < 1.29 is 24.5 Å². The molecule has 2 fully saturated rings. The predicted octanol–water partition coefficient (Wildman–Crippen LogP) is 1.16. The van der Waals surface area contributed by atoms with Gasteiger partial charge in [-0.3, -0.25) is 33.3 Å². The molecule has 4 heterocycles. The zero-order valence-electron chi connectivity index (χ0n) is 21.5. The Balaban J connectivity index is 1.39. The van der Waals surface area contributed by atoms with Crippen molar-refractivity contribution in [1.29, 1.82) is 0 Å². The molecule has 0 bridgehead atoms. The lowest BCUT2D eigenvalue weighted by Crippen LogP contribution is -2.33. The molecular formula is C22H31N4O9P. The lowest BCUT2D eigenvalue weighted by Gasteiger charge is -2.23. The lowest BCUT2D eigenvalue weighted by molar-refractivity contribution is -0.0323. The zero-order chi connectivity index (χ0) is 27.1. The van der Waals surface area contributed by atoms with E-state index in [4.69, 9.17) is 19.9 Å². The van der Waals surface area contributed by atoms with Crippen LogP contribution in [0.15, 0.2) is 31.6 Å². The van der Waals surface area contributed by atoms with Gasteiger partial charge in [-0.15, -0.1) is 0 Å². The lowest BCUT2D eigenvalue weighted by atomic mass is 10.0. The van der Waals surface area contributed by atoms with Crippen LogP contribution in [0.4, 0.5) is 0 Å². The summed E-state index contributed by atoms with van der Waals surface area (Å²) in [6, 6.07) is 0. The number of hydrogen-bond acceptors (Lipinski definition) is 9. The molecule has 2 aliphatic rings. The SMILES string of the molecule is [2H]C[C@H]1O[C@@H](n2cc(C)c(=O)[nH]c2=O)C[C@@H]1OP(C)(=O)OC[C@H]1O[C@@H](n2cc(C)c(=O)[nH]c2=O)C[C@@H]1C. The maximum atomic E-state index is 13.2. The number of aryl methyl sites for hydroxylation is 2. The van der Waals surface area contributed by atoms with Crippen LogP contribution in [0.1, 0.15) is 51.6 Å². The molecule has 2 aromatic heterocycles. The van der Waals surface area contributed by atoms with E-state index in [1.807, 2.05) is 6.92 Å². The van der Waals surface area contributed by atoms with Crippen LogP contribution < -0.4 is 22.5 Å². The molecule has 2 N–H and O–H groups in total. The second kappa shape index (κ2) is 10.1. The van der Waals surface area contributed by atoms with Gasteiger partial charge in [-0.05, 0) is 33.1 Å². The Morgan fingerprint density at radius 1 is 1.03 bits per heavy atom. The molecule has 14 heteroatoms. The van der Waals surface area contributed by atoms with Crippen LogP contribution in [0.3, 0.4) is 0 Å². The fourth-order valence-electron chi connectivity index (χ4n) is 4.31. The number of nitrogens with one attached hydrogen (secondary N) is 2. The summed E-state index contributed by atoms with van der Waals surface area (Å²) in [5, 5.41) is 0. The van der Waals surface area contributed by atoms with Crippen molar-refractivity contribution >= 4 is 7.60 Å². The van der Waals surface area contributed by atoms with Crippen molar-refractivity contribution in [3.8, 4) is 0 Å². The molecule has 2 aromatic rings. The molecular weight excluding hydrogens is 495 g/mol. The minimum absolute atomic E-state index is 0.0420. The molecule has 0 saturated carbocycles. The van der Waals surface area contributed by atoms with Gasteiger partial charge in [0.25, 0.3) is 11.1 Å². The average molecular weight is 527 g/mol. The summed E-state index contributed by atoms with van der Waals surface area (Å²) in [7, 11) is -3.64. The van der Waals surface area contributed by atoms with Crippen LogP contribution in [-0.4, -0.2) is 50.7 Å². The van der Waals surface area contributed by atoms with Gasteiger partial charge >= 0.3 is 19.0 Å². The standard InChI is InChI=1S/C22H31N4O9P/c1-11-6-17(25-8-12(2)19(27)23-21(25)29)34-16(11)10-32-36(5,31)35-15-7-18(33-14(15)4)26-9-13(3)20(28)24-22(26)30/h8-9,11,14-18H,6-7,10H2,1-5H3,(H,23,27,29)(H,24,28,30)/t11-,14+,15-,16+,17+,18+,36?/m0/s1/i4D. The topological polar surface area (TPSA) is 164 Å². The van der Waals surface area contributed by atoms with Crippen LogP contribution in [-0.2, 0) is 23.1 Å². The Morgan fingerprint density at radius 2 is 1.58 bits per heavy atom. The van der Waals surface area contributed by atoms with Crippen LogP contribution >= 0.6 is 7.60 Å². The van der Waals surface area contributed by atoms with E-state index in [2.05, 4.69) is 9.97 Å². The Kier molecular flexibility index (Phi) is 7.01. The van der Waals surface area contributed by atoms with Gasteiger partial charge < -0.3 is 18.5 Å². The van der Waals surface area contributed by atoms with Gasteiger partial charge in [0.05, 0.1) is 24.9 Å². The first kappa shape index (κ1) is 25.1. The minimum atomic E-state index is -3.64. The second-order valence-electron chi connectivity index (χ2n) is 9.38. The third-order valence-electron chi connectivity index (χ3n) is 6.43. The first-order valence-electron chi connectivity index (χ1n) is 12.2. The Bertz CT molecular complexity index is 1430. The van der Waals surface area contributed by atoms with Crippen LogP contribution in [0.2, 0.25) is 0 Å². The van der Waals surface area contributed by atoms with Gasteiger partial charge in [0, 0.05) is 38.0 Å². The van der Waals surface area contributed by atoms with Gasteiger partial charge in [-0.2, -0.15) is 0 Å². The maximum Gasteiger partial charge on any atom is 0.330 e. The molecule has 13 nitrogen and oxygen atoms in total. The van der Waals surface area contributed by atoms with Crippen LogP contribution in [0.5, 0.6) is 0 Å². The van der Waals surface area contributed by atoms with E-state index in [1.54, 1.807) is 13.8 Å². The number of aromatic nitrogens is 4. The summed E-state index contributed by atoms with van der Waals surface area (Å²) >= 11 is 0. The molecule has 7 atom stereocenters. The first-order chi connectivity index (χ1) is 17.4. The molecule has 36 heavy (non-hydrogen) atoms. The molecule has 0 aliphatic carbocycles. The largest absolute Gasteiger partial charge is 0.352 e. The third kappa shape index (κ3) is 5.55. The average Bonchev–Trinajstić information content (AvgIpc) is 3.39. The summed E-state index contributed by atoms with van der Waals surface area (Å²) < 4.78 is 46.6. The normalized spacial score (nSPS) is 30.3. The number of ether oxygens (including phenoxy) is 2. The van der Waals surface area contributed by atoms with Crippen molar-refractivity contribution in [3.63, 3.8) is 0 Å². The molecule has 198 valence electrons. The zero-order valence-corrected chi connectivity index (χ0v) is 21.4. The maximum absolute atomic E-state index is 13.2. The summed E-state index contributed by atoms with van der Waals surface area (Å²) in [6.45, 7) is 6.10. The van der Waals surface area contributed by atoms with Gasteiger partial charge in [0.1, 0.15) is 12.5 Å². The highest BCUT2D eigenvalue weighted by Gasteiger charge is 2.40. The van der Waals surface area contributed by atoms with Gasteiger partial charge in [0.15, 0.2) is 0 Å². The van der Waals surface area contributed by atoms with E-state index < -0.39 is 60.9 Å². The quantitative estimate of drug-likeness (QED) is 0.503. The number of H-pyrrole nitrogens is 2. The molecule has 0 radical (unpaired) electrons. The Labute approximate surface area is 207 Å². The third-order valence-corrected chi connectivity index (χ3v) is 7.70. The van der Waals surface area contributed by atoms with Crippen molar-refractivity contribution in [1.82, 2.24) is 19.1 Å². The van der Waals surface area contributed by atoms with E-state index in [9.17, 15) is 23.7 Å². The van der Waals surface area contributed by atoms with E-state index in [0.29, 0.717) is 17.5 Å². The summed E-state index contributed by atoms with van der Waals surface area (Å²) in [4.78, 5) is 52.2. The fourth-order valence-corrected chi connectivity index (χ4v) is 5.51. The summed E-state index contributed by atoms with van der Waals surface area (Å²) in [6.07, 6.45) is -0.00488. The van der Waals surface area contributed by atoms with Crippen LogP contribution in [0, 0.1) is 19.8 Å². The second-order valence-corrected chi connectivity index (χ2v) is 11.4. The molecule has 0 amide bonds. The number of aromatic amines is 2. The van der Waals surface area contributed by atoms with E-state index in [-0.39, 0.29) is 25.8 Å². The van der Waals surface area contributed by atoms with Gasteiger partial charge in [0.2, 0.25) is 0 Å². The minimum Gasteiger partial charge on any atom is -0.352 e. The van der Waals surface area contributed by atoms with E-state index >= 15 is 0 Å². The Hall–Kier alpha value is -2.57. The Morgan fingerprint density at radius 3 is 2.14 bits per heavy atom. The fraction of sp³-hybridized carbons (Fsp3) is 0.636. The van der Waals surface area contributed by atoms with Crippen molar-refractivity contribution in [2.75, 3.05) is 13.3 Å². The molecule has 0 spiro atoms. The van der Waals surface area contributed by atoms with E-state index in [0.717, 1.165) is 0 Å². The highest BCUT2D eigenvalue weighted by molar-refractivity contribution is 7.53. The highest BCUT2D eigenvalue weighted by atomic mass is 31.2. The number of nitrogens with zero attached hydrogens (tertiary/aromatic N) is 2. The van der Waals surface area contributed by atoms with Crippen molar-refractivity contribution in [2.24, 2.45) is 5.92 Å². The molecule has 2 aliphatic heterocycles. The summed E-state index contributed by atoms with van der Waals surface area (Å²) in [5.41, 5.74) is -1.49. The molecule has 2 saturated heterocycles. The highest BCUT2D eigenvalue weighted by Crippen LogP contribution is 2.49. The smallest absolute Gasteiger partial charge is 0.330 e. The van der Waals surface area contributed by atoms with E-state index in [1.165, 1.54) is 28.2 Å². The van der Waals surface area contributed by atoms with Gasteiger partial charge in [-0.25, -0.2) is 9.59 Å². The molecule has 0 aromatic carbocycles. The molecule has 1 unspecified atom stereocenters. The van der Waals surface area contributed by atoms with Crippen LogP contribution in [0.25, 0.3) is 0 Å². The monoisotopic (exact) mass is 527 g/mol. The predicted molar refractivity (Wildman–Crippen MR) is 128 cm³/mol. The summed E-state index contributed by atoms with van der Waals surface area (Å²) in [5.74, 6) is -0.0420. The molecule has 4 rings (SSSR count). The number of hydrogen-bond donors (Lipinski definition) is 2.